The summed E-state index contributed by atoms with van der Waals surface area (Å²) in [4.78, 5) is 15.6. The quantitative estimate of drug-likeness (QED) is 0.648. The number of esters is 1. The molecule has 1 heterocycles. The monoisotopic (exact) mass is 360 g/mol. The highest BCUT2D eigenvalue weighted by atomic mass is 19.4. The van der Waals surface area contributed by atoms with Crippen molar-refractivity contribution in [1.82, 2.24) is 9.55 Å². The van der Waals surface area contributed by atoms with Gasteiger partial charge in [-0.3, -0.25) is 0 Å². The van der Waals surface area contributed by atoms with Crippen LogP contribution in [0.2, 0.25) is 0 Å². The summed E-state index contributed by atoms with van der Waals surface area (Å²) in [5, 5.41) is 0. The minimum absolute atomic E-state index is 0.0242. The van der Waals surface area contributed by atoms with Crippen molar-refractivity contribution in [2.75, 3.05) is 7.11 Å². The Bertz CT molecular complexity index is 915. The smallest absolute Gasteiger partial charge is 0.417 e. The predicted molar refractivity (Wildman–Crippen MR) is 89.5 cm³/mol. The second kappa shape index (κ2) is 7.03. The molecule has 134 valence electrons. The van der Waals surface area contributed by atoms with Crippen LogP contribution in [-0.4, -0.2) is 22.6 Å². The molecule has 0 aliphatic heterocycles. The molecule has 3 aromatic rings. The molecule has 0 saturated heterocycles. The zero-order valence-corrected chi connectivity index (χ0v) is 13.8. The van der Waals surface area contributed by atoms with Gasteiger partial charge in [0.15, 0.2) is 0 Å². The number of rotatable bonds is 4. The molecule has 0 amide bonds. The Labute approximate surface area is 147 Å². The van der Waals surface area contributed by atoms with Gasteiger partial charge in [-0.25, -0.2) is 9.78 Å². The third-order valence-electron chi connectivity index (χ3n) is 3.92. The second-order valence-corrected chi connectivity index (χ2v) is 5.61. The summed E-state index contributed by atoms with van der Waals surface area (Å²) >= 11 is 0. The molecule has 4 nitrogen and oxygen atoms in total. The molecule has 0 unspecified atom stereocenters. The lowest BCUT2D eigenvalue weighted by Crippen LogP contribution is -2.10. The number of hydrogen-bond acceptors (Lipinski definition) is 3. The van der Waals surface area contributed by atoms with Crippen LogP contribution in [0.3, 0.4) is 0 Å². The highest BCUT2D eigenvalue weighted by Gasteiger charge is 2.34. The standard InChI is InChI=1S/C19H15F3N2O2/c1-26-18(25)14-8-6-13(7-9-14)12-24-11-10-23-17(24)15-4-2-3-5-16(15)19(20,21)22/h2-11H,12H2,1H3. The predicted octanol–water partition coefficient (Wildman–Crippen LogP) is 4.40. The van der Waals surface area contributed by atoms with E-state index in [1.54, 1.807) is 41.1 Å². The van der Waals surface area contributed by atoms with Crippen molar-refractivity contribution in [3.63, 3.8) is 0 Å². The van der Waals surface area contributed by atoms with Crippen molar-refractivity contribution >= 4 is 5.97 Å². The molecule has 0 saturated carbocycles. The number of halogens is 3. The van der Waals surface area contributed by atoms with E-state index in [9.17, 15) is 18.0 Å². The van der Waals surface area contributed by atoms with Gasteiger partial charge in [-0.1, -0.05) is 30.3 Å². The molecule has 7 heteroatoms. The third-order valence-corrected chi connectivity index (χ3v) is 3.92. The fourth-order valence-electron chi connectivity index (χ4n) is 2.67. The Morgan fingerprint density at radius 2 is 1.81 bits per heavy atom. The van der Waals surface area contributed by atoms with Crippen molar-refractivity contribution < 1.29 is 22.7 Å². The van der Waals surface area contributed by atoms with Crippen LogP contribution >= 0.6 is 0 Å². The minimum Gasteiger partial charge on any atom is -0.465 e. The number of nitrogens with zero attached hydrogens (tertiary/aromatic N) is 2. The normalized spacial score (nSPS) is 11.4. The number of methoxy groups -OCH3 is 1. The van der Waals surface area contributed by atoms with Crippen LogP contribution < -0.4 is 0 Å². The minimum atomic E-state index is -4.46. The molecule has 0 bridgehead atoms. The number of carbonyl (C=O) groups excluding carboxylic acids is 1. The van der Waals surface area contributed by atoms with Gasteiger partial charge in [-0.15, -0.1) is 0 Å². The maximum absolute atomic E-state index is 13.3. The van der Waals surface area contributed by atoms with Gasteiger partial charge >= 0.3 is 12.1 Å². The molecule has 2 aromatic carbocycles. The topological polar surface area (TPSA) is 44.1 Å². The third kappa shape index (κ3) is 3.61. The van der Waals surface area contributed by atoms with Gasteiger partial charge in [0.2, 0.25) is 0 Å². The van der Waals surface area contributed by atoms with Crippen LogP contribution in [0, 0.1) is 0 Å². The molecule has 0 atom stereocenters. The number of benzene rings is 2. The van der Waals surface area contributed by atoms with Gasteiger partial charge in [-0.05, 0) is 23.8 Å². The first-order chi connectivity index (χ1) is 12.4. The number of alkyl halides is 3. The van der Waals surface area contributed by atoms with Crippen molar-refractivity contribution in [2.24, 2.45) is 0 Å². The number of aromatic nitrogens is 2. The molecular formula is C19H15F3N2O2. The van der Waals surface area contributed by atoms with E-state index in [0.29, 0.717) is 12.1 Å². The van der Waals surface area contributed by atoms with E-state index in [0.717, 1.165) is 11.6 Å². The first-order valence-electron chi connectivity index (χ1n) is 7.75. The molecule has 0 radical (unpaired) electrons. The van der Waals surface area contributed by atoms with E-state index in [-0.39, 0.29) is 11.4 Å². The molecule has 3 rings (SSSR count). The largest absolute Gasteiger partial charge is 0.465 e. The SMILES string of the molecule is COC(=O)c1ccc(Cn2ccnc2-c2ccccc2C(F)(F)F)cc1. The Kier molecular flexibility index (Phi) is 4.79. The van der Waals surface area contributed by atoms with Crippen LogP contribution in [0.5, 0.6) is 0 Å². The number of hydrogen-bond donors (Lipinski definition) is 0. The number of imidazole rings is 1. The fourth-order valence-corrected chi connectivity index (χ4v) is 2.67. The van der Waals surface area contributed by atoms with Gasteiger partial charge in [0.05, 0.1) is 18.2 Å². The first kappa shape index (κ1) is 17.7. The molecule has 0 aliphatic rings. The summed E-state index contributed by atoms with van der Waals surface area (Å²) in [6, 6.07) is 12.0. The maximum Gasteiger partial charge on any atom is 0.417 e. The summed E-state index contributed by atoms with van der Waals surface area (Å²) in [5.74, 6) is -0.214. The lowest BCUT2D eigenvalue weighted by atomic mass is 10.1. The Balaban J connectivity index is 1.92. The van der Waals surface area contributed by atoms with Gasteiger partial charge in [0.25, 0.3) is 0 Å². The van der Waals surface area contributed by atoms with Crippen LogP contribution in [0.25, 0.3) is 11.4 Å². The van der Waals surface area contributed by atoms with Gasteiger partial charge in [-0.2, -0.15) is 13.2 Å². The van der Waals surface area contributed by atoms with Crippen LogP contribution in [0.15, 0.2) is 60.9 Å². The number of carbonyl (C=O) groups is 1. The Morgan fingerprint density at radius 1 is 1.12 bits per heavy atom. The summed E-state index contributed by atoms with van der Waals surface area (Å²) in [6.07, 6.45) is -1.38. The molecule has 26 heavy (non-hydrogen) atoms. The van der Waals surface area contributed by atoms with Crippen molar-refractivity contribution in [1.29, 1.82) is 0 Å². The summed E-state index contributed by atoms with van der Waals surface area (Å²) in [6.45, 7) is 0.322. The molecule has 0 N–H and O–H groups in total. The maximum atomic E-state index is 13.3. The highest BCUT2D eigenvalue weighted by molar-refractivity contribution is 5.89. The van der Waals surface area contributed by atoms with Gasteiger partial charge in [0.1, 0.15) is 5.82 Å². The molecule has 1 aromatic heterocycles. The van der Waals surface area contributed by atoms with Crippen molar-refractivity contribution in [3.05, 3.63) is 77.6 Å². The van der Waals surface area contributed by atoms with Crippen molar-refractivity contribution in [2.45, 2.75) is 12.7 Å². The molecule has 0 aliphatic carbocycles. The van der Waals surface area contributed by atoms with Crippen LogP contribution in [0.1, 0.15) is 21.5 Å². The van der Waals surface area contributed by atoms with E-state index >= 15 is 0 Å². The van der Waals surface area contributed by atoms with E-state index in [1.807, 2.05) is 0 Å². The van der Waals surface area contributed by atoms with E-state index in [1.165, 1.54) is 25.4 Å². The van der Waals surface area contributed by atoms with E-state index in [2.05, 4.69) is 9.72 Å². The zero-order valence-electron chi connectivity index (χ0n) is 13.8. The first-order valence-corrected chi connectivity index (χ1v) is 7.75. The number of ether oxygens (including phenoxy) is 1. The Morgan fingerprint density at radius 3 is 2.46 bits per heavy atom. The average Bonchev–Trinajstić information content (AvgIpc) is 3.09. The lowest BCUT2D eigenvalue weighted by molar-refractivity contribution is -0.137. The zero-order chi connectivity index (χ0) is 18.7. The highest BCUT2D eigenvalue weighted by Crippen LogP contribution is 2.36. The molecular weight excluding hydrogens is 345 g/mol. The van der Waals surface area contributed by atoms with Crippen LogP contribution in [0.4, 0.5) is 13.2 Å². The van der Waals surface area contributed by atoms with Gasteiger partial charge in [0, 0.05) is 24.5 Å². The summed E-state index contributed by atoms with van der Waals surface area (Å²) in [7, 11) is 1.30. The second-order valence-electron chi connectivity index (χ2n) is 5.61. The average molecular weight is 360 g/mol. The lowest BCUT2D eigenvalue weighted by Gasteiger charge is -2.14. The van der Waals surface area contributed by atoms with Gasteiger partial charge < -0.3 is 9.30 Å². The van der Waals surface area contributed by atoms with Crippen molar-refractivity contribution in [3.8, 4) is 11.4 Å². The summed E-state index contributed by atoms with van der Waals surface area (Å²) in [5.41, 5.74) is 0.524. The molecule has 0 spiro atoms. The Hall–Kier alpha value is -3.09. The molecule has 0 fully saturated rings. The fraction of sp³-hybridized carbons (Fsp3) is 0.158. The van der Waals surface area contributed by atoms with E-state index in [4.69, 9.17) is 0 Å². The summed E-state index contributed by atoms with van der Waals surface area (Å²) < 4.78 is 46.1. The van der Waals surface area contributed by atoms with Crippen LogP contribution in [-0.2, 0) is 17.5 Å². The van der Waals surface area contributed by atoms with E-state index < -0.39 is 17.7 Å².